The molecule has 3 heterocycles. The molecule has 0 aromatic carbocycles. The average molecular weight is 255 g/mol. The van der Waals surface area contributed by atoms with E-state index >= 15 is 0 Å². The molecule has 1 amide bonds. The Hall–Kier alpha value is -2.37. The third-order valence-corrected chi connectivity index (χ3v) is 3.15. The molecule has 0 aliphatic carbocycles. The van der Waals surface area contributed by atoms with E-state index in [0.717, 1.165) is 23.4 Å². The van der Waals surface area contributed by atoms with Crippen LogP contribution in [0.2, 0.25) is 0 Å². The van der Waals surface area contributed by atoms with Gasteiger partial charge in [-0.05, 0) is 6.92 Å². The lowest BCUT2D eigenvalue weighted by Crippen LogP contribution is -2.36. The summed E-state index contributed by atoms with van der Waals surface area (Å²) in [6.07, 6.45) is 7.19. The van der Waals surface area contributed by atoms with Crippen LogP contribution in [0.15, 0.2) is 24.9 Å². The van der Waals surface area contributed by atoms with E-state index < -0.39 is 0 Å². The van der Waals surface area contributed by atoms with Crippen LogP contribution in [0.4, 0.5) is 0 Å². The normalized spacial score (nSPS) is 14.1. The predicted octanol–water partition coefficient (Wildman–Crippen LogP) is 0.774. The van der Waals surface area contributed by atoms with Gasteiger partial charge in [-0.3, -0.25) is 9.78 Å². The minimum absolute atomic E-state index is 0.0954. The van der Waals surface area contributed by atoms with Crippen LogP contribution < -0.4 is 0 Å². The van der Waals surface area contributed by atoms with Gasteiger partial charge < -0.3 is 4.90 Å². The van der Waals surface area contributed by atoms with Crippen molar-refractivity contribution in [2.75, 3.05) is 6.54 Å². The van der Waals surface area contributed by atoms with Crippen LogP contribution in [-0.4, -0.2) is 37.3 Å². The summed E-state index contributed by atoms with van der Waals surface area (Å²) in [6.45, 7) is 3.03. The van der Waals surface area contributed by atoms with Gasteiger partial charge in [0.1, 0.15) is 12.0 Å². The zero-order valence-corrected chi connectivity index (χ0v) is 10.6. The van der Waals surface area contributed by atoms with Crippen LogP contribution >= 0.6 is 0 Å². The summed E-state index contributed by atoms with van der Waals surface area (Å²) < 4.78 is 0. The van der Waals surface area contributed by atoms with Crippen molar-refractivity contribution in [3.05, 3.63) is 47.6 Å². The number of aryl methyl sites for hydroxylation is 1. The molecule has 0 radical (unpaired) electrons. The Labute approximate surface area is 110 Å². The van der Waals surface area contributed by atoms with Crippen LogP contribution in [0.5, 0.6) is 0 Å². The number of carbonyl (C=O) groups excluding carboxylic acids is 1. The maximum absolute atomic E-state index is 12.3. The van der Waals surface area contributed by atoms with Gasteiger partial charge in [0, 0.05) is 37.5 Å². The van der Waals surface area contributed by atoms with Crippen LogP contribution in [0.3, 0.4) is 0 Å². The first-order valence-electron chi connectivity index (χ1n) is 6.10. The summed E-state index contributed by atoms with van der Waals surface area (Å²) in [5, 5.41) is 0. The molecule has 19 heavy (non-hydrogen) atoms. The second-order valence-electron chi connectivity index (χ2n) is 4.51. The topological polar surface area (TPSA) is 71.9 Å². The molecule has 96 valence electrons. The van der Waals surface area contributed by atoms with Gasteiger partial charge in [0.05, 0.1) is 17.6 Å². The van der Waals surface area contributed by atoms with Crippen molar-refractivity contribution < 1.29 is 4.79 Å². The van der Waals surface area contributed by atoms with Crippen LogP contribution in [0.1, 0.15) is 27.4 Å². The Kier molecular flexibility index (Phi) is 2.91. The molecule has 1 aliphatic rings. The third-order valence-electron chi connectivity index (χ3n) is 3.15. The highest BCUT2D eigenvalue weighted by molar-refractivity contribution is 5.92. The largest absolute Gasteiger partial charge is 0.332 e. The molecule has 0 unspecified atom stereocenters. The molecule has 0 atom stereocenters. The number of carbonyl (C=O) groups is 1. The standard InChI is InChI=1S/C13H13N5O/c1-9-4-16-12(6-15-9)13(19)18-3-2-11-10(7-18)5-14-8-17-11/h4-6,8H,2-3,7H2,1H3. The van der Waals surface area contributed by atoms with Crippen LogP contribution in [0, 0.1) is 6.92 Å². The van der Waals surface area contributed by atoms with E-state index in [1.165, 1.54) is 6.20 Å². The zero-order valence-electron chi connectivity index (χ0n) is 10.6. The molecule has 0 N–H and O–H groups in total. The maximum Gasteiger partial charge on any atom is 0.274 e. The third kappa shape index (κ3) is 2.29. The lowest BCUT2D eigenvalue weighted by atomic mass is 10.1. The fraction of sp³-hybridized carbons (Fsp3) is 0.308. The summed E-state index contributed by atoms with van der Waals surface area (Å²) in [7, 11) is 0. The molecule has 3 rings (SSSR count). The number of rotatable bonds is 1. The second kappa shape index (κ2) is 4.72. The van der Waals surface area contributed by atoms with Crippen molar-refractivity contribution in [3.63, 3.8) is 0 Å². The van der Waals surface area contributed by atoms with Crippen molar-refractivity contribution in [2.45, 2.75) is 19.9 Å². The van der Waals surface area contributed by atoms with E-state index in [2.05, 4.69) is 19.9 Å². The van der Waals surface area contributed by atoms with E-state index in [1.807, 2.05) is 6.92 Å². The first kappa shape index (κ1) is 11.7. The quantitative estimate of drug-likeness (QED) is 0.752. The lowest BCUT2D eigenvalue weighted by Gasteiger charge is -2.27. The summed E-state index contributed by atoms with van der Waals surface area (Å²) in [6, 6.07) is 0. The monoisotopic (exact) mass is 255 g/mol. The van der Waals surface area contributed by atoms with Crippen molar-refractivity contribution in [3.8, 4) is 0 Å². The maximum atomic E-state index is 12.3. The minimum Gasteiger partial charge on any atom is -0.332 e. The Morgan fingerprint density at radius 1 is 1.21 bits per heavy atom. The van der Waals surface area contributed by atoms with Gasteiger partial charge in [-0.2, -0.15) is 0 Å². The minimum atomic E-state index is -0.0954. The van der Waals surface area contributed by atoms with Gasteiger partial charge in [0.15, 0.2) is 0 Å². The van der Waals surface area contributed by atoms with E-state index in [4.69, 9.17) is 0 Å². The van der Waals surface area contributed by atoms with Crippen molar-refractivity contribution in [1.29, 1.82) is 0 Å². The van der Waals surface area contributed by atoms with E-state index in [0.29, 0.717) is 18.8 Å². The lowest BCUT2D eigenvalue weighted by molar-refractivity contribution is 0.0726. The number of hydrogen-bond donors (Lipinski definition) is 0. The molecule has 6 heteroatoms. The number of amides is 1. The van der Waals surface area contributed by atoms with Crippen molar-refractivity contribution in [2.24, 2.45) is 0 Å². The molecule has 2 aromatic heterocycles. The van der Waals surface area contributed by atoms with Gasteiger partial charge in [-0.25, -0.2) is 15.0 Å². The summed E-state index contributed by atoms with van der Waals surface area (Å²) in [4.78, 5) is 30.5. The van der Waals surface area contributed by atoms with Gasteiger partial charge >= 0.3 is 0 Å². The van der Waals surface area contributed by atoms with Crippen molar-refractivity contribution >= 4 is 5.91 Å². The van der Waals surface area contributed by atoms with Gasteiger partial charge in [-0.1, -0.05) is 0 Å². The molecule has 0 saturated heterocycles. The van der Waals surface area contributed by atoms with Crippen LogP contribution in [0.25, 0.3) is 0 Å². The summed E-state index contributed by atoms with van der Waals surface area (Å²) >= 11 is 0. The molecular weight excluding hydrogens is 242 g/mol. The number of hydrogen-bond acceptors (Lipinski definition) is 5. The summed E-state index contributed by atoms with van der Waals surface area (Å²) in [5.74, 6) is -0.0954. The SMILES string of the molecule is Cc1cnc(C(=O)N2CCc3ncncc3C2)cn1. The van der Waals surface area contributed by atoms with Gasteiger partial charge in [0.2, 0.25) is 0 Å². The molecule has 2 aromatic rings. The van der Waals surface area contributed by atoms with Crippen LogP contribution in [-0.2, 0) is 13.0 Å². The molecule has 6 nitrogen and oxygen atoms in total. The fourth-order valence-corrected chi connectivity index (χ4v) is 2.10. The summed E-state index contributed by atoms with van der Waals surface area (Å²) in [5.41, 5.74) is 3.20. The second-order valence-corrected chi connectivity index (χ2v) is 4.51. The number of nitrogens with zero attached hydrogens (tertiary/aromatic N) is 5. The Bertz CT molecular complexity index is 611. The Balaban J connectivity index is 1.81. The molecule has 0 fully saturated rings. The van der Waals surface area contributed by atoms with Gasteiger partial charge in [-0.15, -0.1) is 0 Å². The predicted molar refractivity (Wildman–Crippen MR) is 67.2 cm³/mol. The molecule has 0 spiro atoms. The number of fused-ring (bicyclic) bond motifs is 1. The highest BCUT2D eigenvalue weighted by atomic mass is 16.2. The Morgan fingerprint density at radius 3 is 2.89 bits per heavy atom. The highest BCUT2D eigenvalue weighted by Gasteiger charge is 2.23. The molecule has 0 saturated carbocycles. The first-order valence-corrected chi connectivity index (χ1v) is 6.10. The molecule has 1 aliphatic heterocycles. The van der Waals surface area contributed by atoms with E-state index in [-0.39, 0.29) is 5.91 Å². The number of aromatic nitrogens is 4. The van der Waals surface area contributed by atoms with E-state index in [9.17, 15) is 4.79 Å². The molecular formula is C13H13N5O. The smallest absolute Gasteiger partial charge is 0.274 e. The average Bonchev–Trinajstić information content (AvgIpc) is 2.47. The zero-order chi connectivity index (χ0) is 13.2. The Morgan fingerprint density at radius 2 is 2.11 bits per heavy atom. The first-order chi connectivity index (χ1) is 9.24. The van der Waals surface area contributed by atoms with Gasteiger partial charge in [0.25, 0.3) is 5.91 Å². The van der Waals surface area contributed by atoms with E-state index in [1.54, 1.807) is 23.6 Å². The van der Waals surface area contributed by atoms with Crippen molar-refractivity contribution in [1.82, 2.24) is 24.8 Å². The molecule has 0 bridgehead atoms. The highest BCUT2D eigenvalue weighted by Crippen LogP contribution is 2.17. The fourth-order valence-electron chi connectivity index (χ4n) is 2.10.